The van der Waals surface area contributed by atoms with E-state index in [9.17, 15) is 19.5 Å². The first-order valence-corrected chi connectivity index (χ1v) is 14.7. The summed E-state index contributed by atoms with van der Waals surface area (Å²) in [5.41, 5.74) is 1.93. The molecule has 7 nitrogen and oxygen atoms in total. The fourth-order valence-electron chi connectivity index (χ4n) is 6.77. The molecule has 40 heavy (non-hydrogen) atoms. The number of aliphatic hydroxyl groups excluding tert-OH is 1. The first-order chi connectivity index (χ1) is 19.4. The zero-order valence-corrected chi connectivity index (χ0v) is 23.4. The van der Waals surface area contributed by atoms with Crippen LogP contribution in [0.15, 0.2) is 86.0 Å². The van der Waals surface area contributed by atoms with Crippen LogP contribution in [0.4, 0.5) is 0 Å². The Morgan fingerprint density at radius 3 is 2.40 bits per heavy atom. The van der Waals surface area contributed by atoms with Crippen LogP contribution in [0, 0.1) is 11.8 Å². The Morgan fingerprint density at radius 2 is 1.77 bits per heavy atom. The summed E-state index contributed by atoms with van der Waals surface area (Å²) in [7, 11) is 0. The van der Waals surface area contributed by atoms with Crippen LogP contribution in [0.1, 0.15) is 24.0 Å². The maximum absolute atomic E-state index is 14.6. The molecule has 0 aliphatic carbocycles. The molecule has 5 rings (SSSR count). The van der Waals surface area contributed by atoms with Gasteiger partial charge in [-0.1, -0.05) is 79.4 Å². The predicted molar refractivity (Wildman–Crippen MR) is 155 cm³/mol. The monoisotopic (exact) mass is 560 g/mol. The van der Waals surface area contributed by atoms with E-state index in [2.05, 4.69) is 13.2 Å². The van der Waals surface area contributed by atoms with Crippen molar-refractivity contribution in [3.8, 4) is 0 Å². The molecule has 1 spiro atoms. The predicted octanol–water partition coefficient (Wildman–Crippen LogP) is 3.63. The molecule has 3 aliphatic rings. The van der Waals surface area contributed by atoms with Gasteiger partial charge in [0.15, 0.2) is 0 Å². The van der Waals surface area contributed by atoms with Gasteiger partial charge in [-0.15, -0.1) is 18.3 Å². The number of likely N-dealkylation sites (tertiary alicyclic amines) is 1. The highest BCUT2D eigenvalue weighted by molar-refractivity contribution is 8.02. The van der Waals surface area contributed by atoms with Gasteiger partial charge in [0, 0.05) is 18.3 Å². The summed E-state index contributed by atoms with van der Waals surface area (Å²) in [4.78, 5) is 45.6. The van der Waals surface area contributed by atoms with E-state index in [0.717, 1.165) is 17.5 Å². The van der Waals surface area contributed by atoms with E-state index in [1.54, 1.807) is 27.6 Å². The first-order valence-electron chi connectivity index (χ1n) is 13.8. The minimum absolute atomic E-state index is 0.0736. The van der Waals surface area contributed by atoms with Crippen molar-refractivity contribution in [1.82, 2.24) is 9.80 Å². The maximum atomic E-state index is 14.6. The molecule has 210 valence electrons. The van der Waals surface area contributed by atoms with E-state index in [-0.39, 0.29) is 30.3 Å². The van der Waals surface area contributed by atoms with Crippen molar-refractivity contribution >= 4 is 29.5 Å². The highest BCUT2D eigenvalue weighted by Crippen LogP contribution is 2.67. The SMILES string of the molecule is C=CCOC(=O)[C@@H]1[C@H]2C(=O)N([C@@H](CO)Cc3ccccc3)C(C(=O)N(CC=C)Cc3ccccc3)C23CC[C@H]1S3. The second kappa shape index (κ2) is 12.0. The van der Waals surface area contributed by atoms with Crippen LogP contribution in [-0.2, 0) is 32.1 Å². The van der Waals surface area contributed by atoms with E-state index in [0.29, 0.717) is 25.9 Å². The lowest BCUT2D eigenvalue weighted by atomic mass is 9.71. The number of benzene rings is 2. The quantitative estimate of drug-likeness (QED) is 0.315. The molecule has 2 amide bonds. The fourth-order valence-corrected chi connectivity index (χ4v) is 8.96. The Balaban J connectivity index is 1.55. The topological polar surface area (TPSA) is 87.1 Å². The van der Waals surface area contributed by atoms with Gasteiger partial charge in [-0.3, -0.25) is 14.4 Å². The van der Waals surface area contributed by atoms with Crippen LogP contribution in [-0.4, -0.2) is 74.5 Å². The number of carbonyl (C=O) groups is 3. The summed E-state index contributed by atoms with van der Waals surface area (Å²) >= 11 is 1.60. The molecular weight excluding hydrogens is 524 g/mol. The van der Waals surface area contributed by atoms with Crippen molar-refractivity contribution in [3.05, 3.63) is 97.1 Å². The van der Waals surface area contributed by atoms with Crippen molar-refractivity contribution in [2.45, 2.75) is 47.9 Å². The molecule has 3 aliphatic heterocycles. The molecule has 0 radical (unpaired) electrons. The molecule has 1 N–H and O–H groups in total. The molecule has 2 aromatic rings. The third kappa shape index (κ3) is 4.99. The number of thioether (sulfide) groups is 1. The fraction of sp³-hybridized carbons (Fsp3) is 0.406. The number of nitrogens with zero attached hydrogens (tertiary/aromatic N) is 2. The van der Waals surface area contributed by atoms with E-state index in [1.807, 2.05) is 60.7 Å². The zero-order valence-electron chi connectivity index (χ0n) is 22.6. The Bertz CT molecular complexity index is 1250. The summed E-state index contributed by atoms with van der Waals surface area (Å²) < 4.78 is 4.69. The van der Waals surface area contributed by atoms with Gasteiger partial charge in [-0.05, 0) is 30.4 Å². The van der Waals surface area contributed by atoms with Gasteiger partial charge in [0.1, 0.15) is 12.6 Å². The Morgan fingerprint density at radius 1 is 1.10 bits per heavy atom. The number of hydrogen-bond donors (Lipinski definition) is 1. The molecule has 0 aromatic heterocycles. The first kappa shape index (κ1) is 28.2. The minimum Gasteiger partial charge on any atom is -0.461 e. The minimum atomic E-state index is -0.818. The summed E-state index contributed by atoms with van der Waals surface area (Å²) in [6.07, 6.45) is 4.98. The van der Waals surface area contributed by atoms with Crippen LogP contribution in [0.5, 0.6) is 0 Å². The summed E-state index contributed by atoms with van der Waals surface area (Å²) in [6.45, 7) is 7.97. The molecule has 8 heteroatoms. The van der Waals surface area contributed by atoms with Gasteiger partial charge in [-0.2, -0.15) is 0 Å². The molecule has 3 fully saturated rings. The van der Waals surface area contributed by atoms with Crippen LogP contribution in [0.2, 0.25) is 0 Å². The molecule has 6 atom stereocenters. The molecule has 2 aromatic carbocycles. The van der Waals surface area contributed by atoms with Crippen molar-refractivity contribution in [2.75, 3.05) is 19.8 Å². The average Bonchev–Trinajstić information content (AvgIpc) is 3.62. The molecule has 3 saturated heterocycles. The Kier molecular flexibility index (Phi) is 8.47. The zero-order chi connectivity index (χ0) is 28.3. The molecule has 2 unspecified atom stereocenters. The molecule has 3 heterocycles. The highest BCUT2D eigenvalue weighted by atomic mass is 32.2. The summed E-state index contributed by atoms with van der Waals surface area (Å²) in [6, 6.07) is 18.0. The van der Waals surface area contributed by atoms with Crippen LogP contribution in [0.25, 0.3) is 0 Å². The summed E-state index contributed by atoms with van der Waals surface area (Å²) in [5, 5.41) is 10.5. The largest absolute Gasteiger partial charge is 0.461 e. The number of aliphatic hydroxyl groups is 1. The van der Waals surface area contributed by atoms with Crippen molar-refractivity contribution < 1.29 is 24.2 Å². The van der Waals surface area contributed by atoms with Crippen molar-refractivity contribution in [1.29, 1.82) is 0 Å². The van der Waals surface area contributed by atoms with Crippen LogP contribution >= 0.6 is 11.8 Å². The van der Waals surface area contributed by atoms with Gasteiger partial charge >= 0.3 is 5.97 Å². The van der Waals surface area contributed by atoms with E-state index < -0.39 is 34.6 Å². The average molecular weight is 561 g/mol. The number of fused-ring (bicyclic) bond motifs is 1. The Hall–Kier alpha value is -3.36. The molecule has 0 saturated carbocycles. The van der Waals surface area contributed by atoms with E-state index in [4.69, 9.17) is 4.74 Å². The number of amides is 2. The van der Waals surface area contributed by atoms with Gasteiger partial charge in [0.25, 0.3) is 0 Å². The number of carbonyl (C=O) groups excluding carboxylic acids is 3. The number of hydrogen-bond acceptors (Lipinski definition) is 6. The second-order valence-corrected chi connectivity index (χ2v) is 12.3. The normalized spacial score (nSPS) is 27.2. The number of esters is 1. The Labute approximate surface area is 239 Å². The summed E-state index contributed by atoms with van der Waals surface area (Å²) in [5.74, 6) is -2.17. The van der Waals surface area contributed by atoms with Gasteiger partial charge in [0.2, 0.25) is 11.8 Å². The number of rotatable bonds is 12. The second-order valence-electron chi connectivity index (χ2n) is 10.7. The smallest absolute Gasteiger partial charge is 0.311 e. The maximum Gasteiger partial charge on any atom is 0.311 e. The molecule has 2 bridgehead atoms. The third-order valence-corrected chi connectivity index (χ3v) is 10.3. The lowest BCUT2D eigenvalue weighted by Crippen LogP contribution is -2.57. The van der Waals surface area contributed by atoms with E-state index in [1.165, 1.54) is 6.08 Å². The number of ether oxygens (including phenoxy) is 1. The van der Waals surface area contributed by atoms with Crippen molar-refractivity contribution in [2.24, 2.45) is 11.8 Å². The van der Waals surface area contributed by atoms with Gasteiger partial charge < -0.3 is 19.6 Å². The molecular formula is C32H36N2O5S. The highest BCUT2D eigenvalue weighted by Gasteiger charge is 2.74. The van der Waals surface area contributed by atoms with Crippen LogP contribution in [0.3, 0.4) is 0 Å². The van der Waals surface area contributed by atoms with Crippen molar-refractivity contribution in [3.63, 3.8) is 0 Å². The lowest BCUT2D eigenvalue weighted by Gasteiger charge is -2.39. The van der Waals surface area contributed by atoms with Gasteiger partial charge in [0.05, 0.1) is 29.2 Å². The van der Waals surface area contributed by atoms with Gasteiger partial charge in [-0.25, -0.2) is 0 Å². The van der Waals surface area contributed by atoms with E-state index >= 15 is 0 Å². The standard InChI is InChI=1S/C32H36N2O5S/c1-3-17-33(20-23-13-9-6-10-14-23)30(37)28-32-16-15-25(40-32)26(31(38)39-18-4-2)27(32)29(36)34(28)24(21-35)19-22-11-7-5-8-12-22/h3-14,24-28,35H,1-2,15-21H2/t24-,25-,26+,27+,28?,32?/m1/s1. The third-order valence-electron chi connectivity index (χ3n) is 8.38. The van der Waals surface area contributed by atoms with Crippen LogP contribution < -0.4 is 0 Å². The lowest BCUT2D eigenvalue weighted by molar-refractivity contribution is -0.153.